The Morgan fingerprint density at radius 1 is 1.00 bits per heavy atom. The van der Waals surface area contributed by atoms with Crippen molar-refractivity contribution in [1.82, 2.24) is 10.2 Å². The fourth-order valence-corrected chi connectivity index (χ4v) is 3.92. The molecule has 0 radical (unpaired) electrons. The Hall–Kier alpha value is -3.23. The molecule has 1 aromatic carbocycles. The number of carboxylic acid groups (broad SMARTS) is 1. The van der Waals surface area contributed by atoms with Gasteiger partial charge in [-0.2, -0.15) is 0 Å². The zero-order valence-electron chi connectivity index (χ0n) is 17.3. The van der Waals surface area contributed by atoms with Crippen LogP contribution in [0, 0.1) is 0 Å². The topological polar surface area (TPSA) is 133 Å². The highest BCUT2D eigenvalue weighted by Crippen LogP contribution is 2.29. The van der Waals surface area contributed by atoms with Gasteiger partial charge in [-0.25, -0.2) is 0 Å². The van der Waals surface area contributed by atoms with Crippen molar-refractivity contribution < 1.29 is 29.1 Å². The molecule has 2 aliphatic heterocycles. The van der Waals surface area contributed by atoms with Crippen molar-refractivity contribution >= 4 is 35.3 Å². The third-order valence-corrected chi connectivity index (χ3v) is 5.59. The second-order valence-corrected chi connectivity index (χ2v) is 7.90. The molecule has 166 valence electrons. The Labute approximate surface area is 180 Å². The quantitative estimate of drug-likeness (QED) is 0.363. The van der Waals surface area contributed by atoms with Crippen molar-refractivity contribution in [3.8, 4) is 0 Å². The monoisotopic (exact) mass is 429 g/mol. The first-order chi connectivity index (χ1) is 14.9. The highest BCUT2D eigenvalue weighted by molar-refractivity contribution is 6.23. The number of imide groups is 2. The van der Waals surface area contributed by atoms with E-state index in [2.05, 4.69) is 10.6 Å². The normalized spacial score (nSPS) is 18.2. The first kappa shape index (κ1) is 22.5. The predicted molar refractivity (Wildman–Crippen MR) is 112 cm³/mol. The summed E-state index contributed by atoms with van der Waals surface area (Å²) in [5, 5.41) is 14.0. The minimum atomic E-state index is -0.961. The molecule has 0 saturated carbocycles. The number of piperidine rings is 1. The van der Waals surface area contributed by atoms with E-state index in [4.69, 9.17) is 5.11 Å². The SMILES string of the molecule is O=C(O)CCCCCCCCNc1ccc2c(c1)C(=O)N(C1CCC(=O)NC1=O)C2=O. The van der Waals surface area contributed by atoms with Crippen LogP contribution in [0.4, 0.5) is 5.69 Å². The van der Waals surface area contributed by atoms with E-state index in [-0.39, 0.29) is 30.4 Å². The van der Waals surface area contributed by atoms with Gasteiger partial charge in [0.2, 0.25) is 11.8 Å². The number of aliphatic carboxylic acids is 1. The van der Waals surface area contributed by atoms with Crippen LogP contribution in [0.5, 0.6) is 0 Å². The van der Waals surface area contributed by atoms with Crippen LogP contribution < -0.4 is 10.6 Å². The zero-order chi connectivity index (χ0) is 22.4. The number of nitrogens with zero attached hydrogens (tertiary/aromatic N) is 1. The average Bonchev–Trinajstić information content (AvgIpc) is 2.97. The van der Waals surface area contributed by atoms with E-state index in [9.17, 15) is 24.0 Å². The molecule has 0 aliphatic carbocycles. The van der Waals surface area contributed by atoms with Crippen LogP contribution in [0.15, 0.2) is 18.2 Å². The maximum atomic E-state index is 12.8. The number of hydrogen-bond acceptors (Lipinski definition) is 6. The minimum Gasteiger partial charge on any atom is -0.481 e. The van der Waals surface area contributed by atoms with Crippen LogP contribution >= 0.6 is 0 Å². The summed E-state index contributed by atoms with van der Waals surface area (Å²) in [6.45, 7) is 0.715. The minimum absolute atomic E-state index is 0.0934. The highest BCUT2D eigenvalue weighted by Gasteiger charge is 2.44. The molecular formula is C22H27N3O6. The number of amides is 4. The smallest absolute Gasteiger partial charge is 0.303 e. The maximum absolute atomic E-state index is 12.8. The molecule has 1 saturated heterocycles. The molecular weight excluding hydrogens is 402 g/mol. The van der Waals surface area contributed by atoms with E-state index in [1.54, 1.807) is 18.2 Å². The van der Waals surface area contributed by atoms with Gasteiger partial charge in [0, 0.05) is 25.1 Å². The lowest BCUT2D eigenvalue weighted by Crippen LogP contribution is -2.54. The van der Waals surface area contributed by atoms with Crippen LogP contribution in [-0.2, 0) is 14.4 Å². The van der Waals surface area contributed by atoms with Gasteiger partial charge in [-0.15, -0.1) is 0 Å². The molecule has 0 spiro atoms. The number of fused-ring (bicyclic) bond motifs is 1. The third-order valence-electron chi connectivity index (χ3n) is 5.59. The zero-order valence-corrected chi connectivity index (χ0v) is 17.3. The van der Waals surface area contributed by atoms with E-state index in [0.717, 1.165) is 42.7 Å². The maximum Gasteiger partial charge on any atom is 0.303 e. The van der Waals surface area contributed by atoms with Crippen LogP contribution in [-0.4, -0.2) is 52.2 Å². The summed E-state index contributed by atoms with van der Waals surface area (Å²) < 4.78 is 0. The number of rotatable bonds is 11. The lowest BCUT2D eigenvalue weighted by atomic mass is 10.0. The molecule has 4 amide bonds. The first-order valence-corrected chi connectivity index (χ1v) is 10.7. The van der Waals surface area contributed by atoms with E-state index in [1.165, 1.54) is 0 Å². The van der Waals surface area contributed by atoms with Crippen molar-refractivity contribution in [3.05, 3.63) is 29.3 Å². The Morgan fingerprint density at radius 3 is 2.39 bits per heavy atom. The molecule has 9 nitrogen and oxygen atoms in total. The van der Waals surface area contributed by atoms with Gasteiger partial charge in [0.25, 0.3) is 11.8 Å². The molecule has 9 heteroatoms. The lowest BCUT2D eigenvalue weighted by Gasteiger charge is -2.27. The number of benzene rings is 1. The number of anilines is 1. The van der Waals surface area contributed by atoms with Gasteiger partial charge in [0.05, 0.1) is 11.1 Å². The van der Waals surface area contributed by atoms with Crippen LogP contribution in [0.3, 0.4) is 0 Å². The molecule has 2 heterocycles. The number of carbonyl (C=O) groups is 5. The fraction of sp³-hybridized carbons (Fsp3) is 0.500. The van der Waals surface area contributed by atoms with Crippen LogP contribution in [0.2, 0.25) is 0 Å². The molecule has 31 heavy (non-hydrogen) atoms. The van der Waals surface area contributed by atoms with Gasteiger partial charge < -0.3 is 10.4 Å². The first-order valence-electron chi connectivity index (χ1n) is 10.7. The van der Waals surface area contributed by atoms with Crippen molar-refractivity contribution in [2.45, 2.75) is 63.8 Å². The second-order valence-electron chi connectivity index (χ2n) is 7.90. The Bertz CT molecular complexity index is 897. The van der Waals surface area contributed by atoms with Crippen LogP contribution in [0.1, 0.15) is 78.5 Å². The summed E-state index contributed by atoms with van der Waals surface area (Å²) in [6.07, 6.45) is 6.10. The van der Waals surface area contributed by atoms with Gasteiger partial charge in [0.1, 0.15) is 6.04 Å². The number of hydrogen-bond donors (Lipinski definition) is 3. The molecule has 0 bridgehead atoms. The molecule has 1 atom stereocenters. The van der Waals surface area contributed by atoms with E-state index in [1.807, 2.05) is 0 Å². The molecule has 3 N–H and O–H groups in total. The summed E-state index contributed by atoms with van der Waals surface area (Å²) >= 11 is 0. The van der Waals surface area contributed by atoms with Crippen LogP contribution in [0.25, 0.3) is 0 Å². The standard InChI is InChI=1S/C22H27N3O6/c26-18-11-10-17(20(29)24-18)25-21(30)15-9-8-14(13-16(15)22(25)31)23-12-6-4-2-1-3-5-7-19(27)28/h8-9,13,17,23H,1-7,10-12H2,(H,27,28)(H,24,26,29). The number of nitrogens with one attached hydrogen (secondary N) is 2. The molecule has 1 aromatic rings. The summed E-state index contributed by atoms with van der Waals surface area (Å²) in [4.78, 5) is 60.3. The van der Waals surface area contributed by atoms with Gasteiger partial charge in [-0.05, 0) is 37.5 Å². The van der Waals surface area contributed by atoms with E-state index in [0.29, 0.717) is 13.0 Å². The van der Waals surface area contributed by atoms with Gasteiger partial charge in [-0.1, -0.05) is 25.7 Å². The fourth-order valence-electron chi connectivity index (χ4n) is 3.92. The van der Waals surface area contributed by atoms with Crippen molar-refractivity contribution in [3.63, 3.8) is 0 Å². The number of unbranched alkanes of at least 4 members (excludes halogenated alkanes) is 5. The Kier molecular flexibility index (Phi) is 7.38. The predicted octanol–water partition coefficient (Wildman–Crippen LogP) is 2.31. The Morgan fingerprint density at radius 2 is 1.68 bits per heavy atom. The molecule has 1 unspecified atom stereocenters. The van der Waals surface area contributed by atoms with Gasteiger partial charge in [0.15, 0.2) is 0 Å². The lowest BCUT2D eigenvalue weighted by molar-refractivity contribution is -0.138. The molecule has 0 aromatic heterocycles. The molecule has 1 fully saturated rings. The van der Waals surface area contributed by atoms with Crippen molar-refractivity contribution in [2.24, 2.45) is 0 Å². The van der Waals surface area contributed by atoms with Gasteiger partial charge in [-0.3, -0.25) is 34.2 Å². The average molecular weight is 429 g/mol. The number of carbonyl (C=O) groups excluding carboxylic acids is 4. The molecule has 3 rings (SSSR count). The largest absolute Gasteiger partial charge is 0.481 e. The molecule has 2 aliphatic rings. The second kappa shape index (κ2) is 10.2. The van der Waals surface area contributed by atoms with Crippen molar-refractivity contribution in [2.75, 3.05) is 11.9 Å². The Balaban J connectivity index is 1.47. The van der Waals surface area contributed by atoms with E-state index >= 15 is 0 Å². The summed E-state index contributed by atoms with van der Waals surface area (Å²) in [6, 6.07) is 4.00. The third kappa shape index (κ3) is 5.48. The summed E-state index contributed by atoms with van der Waals surface area (Å²) in [7, 11) is 0. The van der Waals surface area contributed by atoms with Gasteiger partial charge >= 0.3 is 5.97 Å². The highest BCUT2D eigenvalue weighted by atomic mass is 16.4. The summed E-state index contributed by atoms with van der Waals surface area (Å²) in [5.41, 5.74) is 1.26. The summed E-state index contributed by atoms with van der Waals surface area (Å²) in [5.74, 6) is -2.79. The number of carboxylic acids is 1. The van der Waals surface area contributed by atoms with Crippen molar-refractivity contribution in [1.29, 1.82) is 0 Å². The van der Waals surface area contributed by atoms with E-state index < -0.39 is 35.6 Å².